The van der Waals surface area contributed by atoms with Crippen LogP contribution >= 0.6 is 0 Å². The molecule has 0 aromatic rings. The van der Waals surface area contributed by atoms with Crippen LogP contribution in [0.25, 0.3) is 0 Å². The molecule has 0 bridgehead atoms. The molecule has 0 rings (SSSR count). The summed E-state index contributed by atoms with van der Waals surface area (Å²) < 4.78 is 0. The highest BCUT2D eigenvalue weighted by Gasteiger charge is 2.03. The molecule has 0 amide bonds. The first-order valence-electron chi connectivity index (χ1n) is 9.83. The van der Waals surface area contributed by atoms with Gasteiger partial charge in [-0.1, -0.05) is 57.4 Å². The molecule has 130 valence electrons. The molecule has 0 spiro atoms. The first-order valence-corrected chi connectivity index (χ1v) is 9.83. The van der Waals surface area contributed by atoms with E-state index in [1.165, 1.54) is 90.3 Å². The molecule has 0 aliphatic heterocycles. The van der Waals surface area contributed by atoms with Crippen LogP contribution in [-0.2, 0) is 0 Å². The van der Waals surface area contributed by atoms with Crippen molar-refractivity contribution < 1.29 is 0 Å². The maximum atomic E-state index is 2.69. The van der Waals surface area contributed by atoms with Crippen molar-refractivity contribution in [3.8, 4) is 0 Å². The van der Waals surface area contributed by atoms with Crippen LogP contribution in [0.2, 0.25) is 0 Å². The third kappa shape index (κ3) is 15.8. The van der Waals surface area contributed by atoms with Gasteiger partial charge in [-0.05, 0) is 77.9 Å². The van der Waals surface area contributed by atoms with Gasteiger partial charge in [-0.2, -0.15) is 0 Å². The molecule has 0 unspecified atom stereocenters. The molecule has 0 N–H and O–H groups in total. The maximum absolute atomic E-state index is 2.69. The number of nitrogens with zero attached hydrogens (tertiary/aromatic N) is 1. The summed E-state index contributed by atoms with van der Waals surface area (Å²) in [6.07, 6.45) is 23.8. The summed E-state index contributed by atoms with van der Waals surface area (Å²) in [7, 11) is 0. The highest BCUT2D eigenvalue weighted by atomic mass is 15.1. The second-order valence-electron chi connectivity index (χ2n) is 6.34. The summed E-state index contributed by atoms with van der Waals surface area (Å²) in [5.74, 6) is 0. The molecule has 1 heteroatoms. The van der Waals surface area contributed by atoms with Gasteiger partial charge in [0.25, 0.3) is 0 Å². The Hall–Kier alpha value is -0.560. The molecule has 0 atom stereocenters. The summed E-state index contributed by atoms with van der Waals surface area (Å²) >= 11 is 0. The van der Waals surface area contributed by atoms with E-state index in [4.69, 9.17) is 0 Å². The Kier molecular flexibility index (Phi) is 18.0. The highest BCUT2D eigenvalue weighted by Crippen LogP contribution is 2.08. The van der Waals surface area contributed by atoms with Gasteiger partial charge in [0.1, 0.15) is 0 Å². The summed E-state index contributed by atoms with van der Waals surface area (Å²) in [5.41, 5.74) is 0. The SMILES string of the molecule is C/C=C/CCCCCCN(CCC)CCCCC/C=C/CC. The molecule has 0 fully saturated rings. The van der Waals surface area contributed by atoms with Crippen LogP contribution in [0.15, 0.2) is 24.3 Å². The van der Waals surface area contributed by atoms with E-state index in [0.717, 1.165) is 0 Å². The molecule has 0 aliphatic carbocycles. The molecular weight excluding hydrogens is 266 g/mol. The van der Waals surface area contributed by atoms with Gasteiger partial charge in [0.05, 0.1) is 0 Å². The van der Waals surface area contributed by atoms with Gasteiger partial charge in [-0.25, -0.2) is 0 Å². The molecule has 1 nitrogen and oxygen atoms in total. The van der Waals surface area contributed by atoms with Gasteiger partial charge in [0.15, 0.2) is 0 Å². The fourth-order valence-electron chi connectivity index (χ4n) is 2.83. The maximum Gasteiger partial charge on any atom is -0.00187 e. The predicted octanol–water partition coefficient (Wildman–Crippen LogP) is 6.75. The standard InChI is InChI=1S/C21H41N/c1-4-7-9-11-13-15-17-20-22(19-6-3)21-18-16-14-12-10-8-5-2/h4,7-8,10H,5-6,9,11-21H2,1-3H3/b7-4+,10-8+. The van der Waals surface area contributed by atoms with E-state index in [1.807, 2.05) is 0 Å². The zero-order valence-electron chi connectivity index (χ0n) is 15.7. The van der Waals surface area contributed by atoms with E-state index >= 15 is 0 Å². The third-order valence-corrected chi connectivity index (χ3v) is 4.12. The minimum absolute atomic E-state index is 1.18. The van der Waals surface area contributed by atoms with E-state index in [0.29, 0.717) is 0 Å². The normalized spacial score (nSPS) is 12.2. The number of hydrogen-bond acceptors (Lipinski definition) is 1. The summed E-state index contributed by atoms with van der Waals surface area (Å²) in [6.45, 7) is 10.5. The Balaban J connectivity index is 3.53. The minimum Gasteiger partial charge on any atom is -0.303 e. The van der Waals surface area contributed by atoms with Crippen molar-refractivity contribution in [3.05, 3.63) is 24.3 Å². The molecule has 0 aliphatic rings. The summed E-state index contributed by atoms with van der Waals surface area (Å²) in [4.78, 5) is 2.69. The average Bonchev–Trinajstić information content (AvgIpc) is 2.53. The molecule has 0 saturated carbocycles. The molecule has 0 saturated heterocycles. The summed E-state index contributed by atoms with van der Waals surface area (Å²) in [6, 6.07) is 0. The highest BCUT2D eigenvalue weighted by molar-refractivity contribution is 4.79. The molecule has 0 radical (unpaired) electrons. The number of allylic oxidation sites excluding steroid dienone is 4. The van der Waals surface area contributed by atoms with Crippen molar-refractivity contribution in [1.82, 2.24) is 4.90 Å². The quantitative estimate of drug-likeness (QED) is 0.225. The lowest BCUT2D eigenvalue weighted by Gasteiger charge is -2.21. The van der Waals surface area contributed by atoms with Crippen LogP contribution in [0.1, 0.15) is 91.4 Å². The fraction of sp³-hybridized carbons (Fsp3) is 0.810. The van der Waals surface area contributed by atoms with Gasteiger partial charge in [0.2, 0.25) is 0 Å². The minimum atomic E-state index is 1.18. The van der Waals surface area contributed by atoms with E-state index in [-0.39, 0.29) is 0 Å². The zero-order valence-corrected chi connectivity index (χ0v) is 15.7. The lowest BCUT2D eigenvalue weighted by atomic mass is 10.1. The van der Waals surface area contributed by atoms with Crippen molar-refractivity contribution in [3.63, 3.8) is 0 Å². The largest absolute Gasteiger partial charge is 0.303 e. The molecule has 0 aromatic heterocycles. The van der Waals surface area contributed by atoms with E-state index in [2.05, 4.69) is 50.0 Å². The van der Waals surface area contributed by atoms with Crippen molar-refractivity contribution >= 4 is 0 Å². The molecule has 0 heterocycles. The zero-order chi connectivity index (χ0) is 16.3. The lowest BCUT2D eigenvalue weighted by molar-refractivity contribution is 0.261. The monoisotopic (exact) mass is 307 g/mol. The number of rotatable bonds is 16. The first-order chi connectivity index (χ1) is 10.8. The Bertz CT molecular complexity index is 255. The van der Waals surface area contributed by atoms with Gasteiger partial charge >= 0.3 is 0 Å². The van der Waals surface area contributed by atoms with Crippen LogP contribution in [-0.4, -0.2) is 24.5 Å². The van der Waals surface area contributed by atoms with Crippen molar-refractivity contribution in [2.45, 2.75) is 91.4 Å². The second-order valence-corrected chi connectivity index (χ2v) is 6.34. The van der Waals surface area contributed by atoms with Crippen LogP contribution in [0.3, 0.4) is 0 Å². The summed E-state index contributed by atoms with van der Waals surface area (Å²) in [5, 5.41) is 0. The average molecular weight is 308 g/mol. The van der Waals surface area contributed by atoms with Crippen LogP contribution in [0.4, 0.5) is 0 Å². The van der Waals surface area contributed by atoms with Gasteiger partial charge in [0, 0.05) is 0 Å². The fourth-order valence-corrected chi connectivity index (χ4v) is 2.83. The molecular formula is C21H41N. The topological polar surface area (TPSA) is 3.24 Å². The third-order valence-electron chi connectivity index (χ3n) is 4.12. The van der Waals surface area contributed by atoms with Crippen LogP contribution in [0.5, 0.6) is 0 Å². The van der Waals surface area contributed by atoms with Gasteiger partial charge in [-0.15, -0.1) is 0 Å². The van der Waals surface area contributed by atoms with E-state index in [9.17, 15) is 0 Å². The molecule has 0 aromatic carbocycles. The smallest absolute Gasteiger partial charge is 0.00187 e. The lowest BCUT2D eigenvalue weighted by Crippen LogP contribution is -2.26. The van der Waals surface area contributed by atoms with Crippen molar-refractivity contribution in [1.29, 1.82) is 0 Å². The van der Waals surface area contributed by atoms with Crippen molar-refractivity contribution in [2.75, 3.05) is 19.6 Å². The number of unbranched alkanes of at least 4 members (excludes halogenated alkanes) is 7. The first kappa shape index (κ1) is 21.4. The van der Waals surface area contributed by atoms with Crippen molar-refractivity contribution in [2.24, 2.45) is 0 Å². The van der Waals surface area contributed by atoms with Gasteiger partial charge in [-0.3, -0.25) is 0 Å². The number of hydrogen-bond donors (Lipinski definition) is 0. The Morgan fingerprint density at radius 1 is 0.636 bits per heavy atom. The Labute approximate surface area is 140 Å². The van der Waals surface area contributed by atoms with Crippen LogP contribution in [0, 0.1) is 0 Å². The Morgan fingerprint density at radius 2 is 1.23 bits per heavy atom. The van der Waals surface area contributed by atoms with Gasteiger partial charge < -0.3 is 4.90 Å². The van der Waals surface area contributed by atoms with Crippen LogP contribution < -0.4 is 0 Å². The van der Waals surface area contributed by atoms with E-state index < -0.39 is 0 Å². The Morgan fingerprint density at radius 3 is 1.82 bits per heavy atom. The predicted molar refractivity (Wildman–Crippen MR) is 103 cm³/mol. The second kappa shape index (κ2) is 18.5. The molecule has 22 heavy (non-hydrogen) atoms. The van der Waals surface area contributed by atoms with E-state index in [1.54, 1.807) is 0 Å².